The maximum atomic E-state index is 13.7. The Balaban J connectivity index is 1.16. The predicted octanol–water partition coefficient (Wildman–Crippen LogP) is 7.36. The Labute approximate surface area is 270 Å². The number of hydrogen-bond acceptors (Lipinski definition) is 4. The molecular formula is C37H36F3N5O2. The second kappa shape index (κ2) is 11.0. The van der Waals surface area contributed by atoms with Crippen molar-refractivity contribution in [1.29, 1.82) is 0 Å². The smallest absolute Gasteiger partial charge is 0.416 e. The molecule has 5 aromatic rings. The number of aryl methyl sites for hydroxylation is 1. The number of fused-ring (bicyclic) bond motifs is 4. The van der Waals surface area contributed by atoms with Crippen LogP contribution >= 0.6 is 0 Å². The van der Waals surface area contributed by atoms with Crippen LogP contribution in [0, 0.1) is 11.8 Å². The molecule has 2 aliphatic carbocycles. The van der Waals surface area contributed by atoms with Crippen LogP contribution in [0.2, 0.25) is 0 Å². The zero-order chi connectivity index (χ0) is 32.6. The first kappa shape index (κ1) is 29.8. The molecule has 1 aliphatic heterocycles. The van der Waals surface area contributed by atoms with Gasteiger partial charge in [0, 0.05) is 48.7 Å². The molecule has 1 unspecified atom stereocenters. The van der Waals surface area contributed by atoms with E-state index in [9.17, 15) is 18.0 Å². The van der Waals surface area contributed by atoms with Crippen molar-refractivity contribution in [2.75, 3.05) is 13.7 Å². The summed E-state index contributed by atoms with van der Waals surface area (Å²) in [6, 6.07) is 17.4. The average molecular weight is 640 g/mol. The Morgan fingerprint density at radius 3 is 2.40 bits per heavy atom. The van der Waals surface area contributed by atoms with Crippen molar-refractivity contribution in [3.05, 3.63) is 82.9 Å². The van der Waals surface area contributed by atoms with Gasteiger partial charge in [0.2, 0.25) is 0 Å². The first-order chi connectivity index (χ1) is 22.6. The van der Waals surface area contributed by atoms with Gasteiger partial charge in [0.15, 0.2) is 5.82 Å². The third kappa shape index (κ3) is 5.19. The van der Waals surface area contributed by atoms with Gasteiger partial charge < -0.3 is 24.5 Å². The summed E-state index contributed by atoms with van der Waals surface area (Å²) in [5.41, 5.74) is 11.5. The number of piperidine rings is 1. The number of nitrogens with two attached hydrogens (primary N) is 1. The zero-order valence-electron chi connectivity index (χ0n) is 26.3. The normalized spacial score (nSPS) is 21.1. The van der Waals surface area contributed by atoms with Gasteiger partial charge in [-0.1, -0.05) is 36.4 Å². The number of carbonyl (C=O) groups excluding carboxylic acids is 1. The fraction of sp³-hybridized carbons (Fsp3) is 0.351. The molecule has 1 amide bonds. The van der Waals surface area contributed by atoms with Gasteiger partial charge in [-0.15, -0.1) is 0 Å². The van der Waals surface area contributed by atoms with E-state index in [0.29, 0.717) is 40.8 Å². The van der Waals surface area contributed by atoms with Crippen molar-refractivity contribution in [1.82, 2.24) is 19.0 Å². The fourth-order valence-electron chi connectivity index (χ4n) is 7.56. The first-order valence-corrected chi connectivity index (χ1v) is 16.2. The lowest BCUT2D eigenvalue weighted by atomic mass is 10.1. The number of likely N-dealkylation sites (tertiary alicyclic amines) is 1. The molecule has 2 bridgehead atoms. The second-order valence-electron chi connectivity index (χ2n) is 13.3. The van der Waals surface area contributed by atoms with Crippen molar-refractivity contribution in [3.63, 3.8) is 0 Å². The lowest BCUT2D eigenvalue weighted by molar-refractivity contribution is -0.137. The molecule has 2 saturated carbocycles. The number of methoxy groups -OCH3 is 1. The molecule has 3 aliphatic rings. The standard InChI is InChI=1S/C37H36F3N5O2/c1-43-34-28(16-26(18-32(34)47-2)36(46)45-20-25-11-14-29(45)33(25)41)42-35(43)31-17-24-10-7-22(15-30(24)44(31)19-23-5-6-23)4-3-21-8-12-27(13-9-21)37(38,39)40/h3-4,7-10,12-13,15-18,23,25,29,33H,5-6,11,14,19-20,41H2,1-2H3/b4-3+/t25-,29?,33-/m1/s1. The molecule has 0 radical (unpaired) electrons. The highest BCUT2D eigenvalue weighted by molar-refractivity contribution is 6.00. The Hall–Kier alpha value is -4.57. The molecule has 242 valence electrons. The van der Waals surface area contributed by atoms with Gasteiger partial charge in [0.1, 0.15) is 11.3 Å². The minimum Gasteiger partial charge on any atom is -0.494 e. The monoisotopic (exact) mass is 639 g/mol. The number of ether oxygens (including phenoxy) is 1. The largest absolute Gasteiger partial charge is 0.494 e. The van der Waals surface area contributed by atoms with Gasteiger partial charge in [-0.05, 0) is 85.0 Å². The summed E-state index contributed by atoms with van der Waals surface area (Å²) >= 11 is 0. The van der Waals surface area contributed by atoms with Crippen LogP contribution in [0.5, 0.6) is 5.75 Å². The molecule has 2 aromatic heterocycles. The van der Waals surface area contributed by atoms with E-state index < -0.39 is 11.7 Å². The number of hydrogen-bond donors (Lipinski definition) is 1. The van der Waals surface area contributed by atoms with E-state index in [2.05, 4.69) is 22.8 Å². The van der Waals surface area contributed by atoms with E-state index in [0.717, 1.165) is 65.0 Å². The lowest BCUT2D eigenvalue weighted by Gasteiger charge is -2.27. The summed E-state index contributed by atoms with van der Waals surface area (Å²) in [5.74, 6) is 2.31. The predicted molar refractivity (Wildman–Crippen MR) is 177 cm³/mol. The highest BCUT2D eigenvalue weighted by Crippen LogP contribution is 2.40. The van der Waals surface area contributed by atoms with Crippen LogP contribution in [0.3, 0.4) is 0 Å². The summed E-state index contributed by atoms with van der Waals surface area (Å²) in [7, 11) is 3.59. The van der Waals surface area contributed by atoms with E-state index >= 15 is 0 Å². The lowest BCUT2D eigenvalue weighted by Crippen LogP contribution is -2.41. The van der Waals surface area contributed by atoms with Crippen molar-refractivity contribution in [2.45, 2.75) is 50.5 Å². The molecule has 2 N–H and O–H groups in total. The SMILES string of the molecule is COc1cc(C(=O)N2C[C@H]3CCC2[C@@H]3N)cc2nc(-c3cc4ccc(/C=C/c5ccc(C(F)(F)F)cc5)cc4n3CC3CC3)n(C)c12. The minimum absolute atomic E-state index is 0.0280. The summed E-state index contributed by atoms with van der Waals surface area (Å²) < 4.78 is 49.2. The molecule has 47 heavy (non-hydrogen) atoms. The molecule has 3 heterocycles. The number of amides is 1. The molecule has 3 atom stereocenters. The van der Waals surface area contributed by atoms with Crippen LogP contribution in [0.4, 0.5) is 13.2 Å². The Bertz CT molecular complexity index is 2050. The van der Waals surface area contributed by atoms with E-state index in [-0.39, 0.29) is 18.0 Å². The summed E-state index contributed by atoms with van der Waals surface area (Å²) in [6.07, 6.45) is 3.77. The van der Waals surface area contributed by atoms with Gasteiger partial charge >= 0.3 is 6.18 Å². The van der Waals surface area contributed by atoms with Gasteiger partial charge in [0.25, 0.3) is 5.91 Å². The van der Waals surface area contributed by atoms with E-state index in [1.54, 1.807) is 7.11 Å². The van der Waals surface area contributed by atoms with Crippen LogP contribution in [-0.2, 0) is 19.8 Å². The maximum absolute atomic E-state index is 13.7. The highest BCUT2D eigenvalue weighted by Gasteiger charge is 2.47. The van der Waals surface area contributed by atoms with E-state index in [1.165, 1.54) is 25.0 Å². The summed E-state index contributed by atoms with van der Waals surface area (Å²) in [4.78, 5) is 20.7. The van der Waals surface area contributed by atoms with E-state index in [4.69, 9.17) is 15.5 Å². The average Bonchev–Trinajstić information content (AvgIpc) is 3.47. The highest BCUT2D eigenvalue weighted by atomic mass is 19.4. The number of carbonyl (C=O) groups is 1. The number of imidazole rings is 1. The quantitative estimate of drug-likeness (QED) is 0.189. The van der Waals surface area contributed by atoms with Crippen molar-refractivity contribution >= 4 is 40.0 Å². The van der Waals surface area contributed by atoms with Crippen LogP contribution in [0.15, 0.2) is 60.7 Å². The summed E-state index contributed by atoms with van der Waals surface area (Å²) in [5, 5.41) is 1.07. The topological polar surface area (TPSA) is 78.3 Å². The zero-order valence-corrected chi connectivity index (χ0v) is 26.3. The van der Waals surface area contributed by atoms with E-state index in [1.807, 2.05) is 46.9 Å². The van der Waals surface area contributed by atoms with Crippen molar-refractivity contribution < 1.29 is 22.7 Å². The molecule has 3 fully saturated rings. The number of alkyl halides is 3. The maximum Gasteiger partial charge on any atom is 0.416 e. The van der Waals surface area contributed by atoms with Crippen LogP contribution in [0.25, 0.3) is 45.6 Å². The minimum atomic E-state index is -4.36. The molecule has 8 rings (SSSR count). The van der Waals surface area contributed by atoms with Gasteiger partial charge in [-0.3, -0.25) is 4.79 Å². The number of benzene rings is 3. The summed E-state index contributed by atoms with van der Waals surface area (Å²) in [6.45, 7) is 1.55. The van der Waals surface area contributed by atoms with Crippen LogP contribution in [-0.4, -0.2) is 50.7 Å². The number of aromatic nitrogens is 3. The van der Waals surface area contributed by atoms with Gasteiger partial charge in [0.05, 0.1) is 23.9 Å². The third-order valence-electron chi connectivity index (χ3n) is 10.3. The Morgan fingerprint density at radius 1 is 1.00 bits per heavy atom. The van der Waals surface area contributed by atoms with Gasteiger partial charge in [-0.25, -0.2) is 4.98 Å². The fourth-order valence-corrected chi connectivity index (χ4v) is 7.56. The van der Waals surface area contributed by atoms with Crippen molar-refractivity contribution in [2.24, 2.45) is 24.6 Å². The number of halogens is 3. The van der Waals surface area contributed by atoms with Crippen LogP contribution in [0.1, 0.15) is 52.7 Å². The Morgan fingerprint density at radius 2 is 1.74 bits per heavy atom. The van der Waals surface area contributed by atoms with Gasteiger partial charge in [-0.2, -0.15) is 13.2 Å². The molecular weight excluding hydrogens is 603 g/mol. The molecule has 10 heteroatoms. The number of nitrogens with zero attached hydrogens (tertiary/aromatic N) is 4. The number of rotatable bonds is 7. The first-order valence-electron chi connectivity index (χ1n) is 16.2. The molecule has 7 nitrogen and oxygen atoms in total. The third-order valence-corrected chi connectivity index (χ3v) is 10.3. The molecule has 1 saturated heterocycles. The van der Waals surface area contributed by atoms with Crippen LogP contribution < -0.4 is 10.5 Å². The molecule has 3 aromatic carbocycles. The Kier molecular flexibility index (Phi) is 6.98. The van der Waals surface area contributed by atoms with Crippen molar-refractivity contribution in [3.8, 4) is 17.3 Å². The second-order valence-corrected chi connectivity index (χ2v) is 13.3. The molecule has 0 spiro atoms.